The summed E-state index contributed by atoms with van der Waals surface area (Å²) in [5.74, 6) is -1.86. The van der Waals surface area contributed by atoms with Crippen LogP contribution in [-0.2, 0) is 9.53 Å². The number of carbonyl (C=O) groups excluding carboxylic acids is 2. The fraction of sp³-hybridized carbons (Fsp3) is 0.429. The fourth-order valence-electron chi connectivity index (χ4n) is 1.57. The molecule has 0 heterocycles. The summed E-state index contributed by atoms with van der Waals surface area (Å²) < 4.78 is 23.6. The van der Waals surface area contributed by atoms with Crippen LogP contribution in [0.25, 0.3) is 0 Å². The average molecular weight is 266 g/mol. The topological polar surface area (TPSA) is 52.6 Å². The molecule has 0 amide bonds. The zero-order valence-corrected chi connectivity index (χ0v) is 10.6. The van der Waals surface area contributed by atoms with Crippen molar-refractivity contribution in [2.45, 2.75) is 19.8 Å². The van der Waals surface area contributed by atoms with E-state index in [1.54, 1.807) is 6.92 Å². The summed E-state index contributed by atoms with van der Waals surface area (Å²) in [7, 11) is 0. The number of ether oxygens (including phenoxy) is 2. The zero-order valence-electron chi connectivity index (χ0n) is 10.6. The third-order valence-corrected chi connectivity index (χ3v) is 2.83. The second-order valence-corrected chi connectivity index (χ2v) is 4.45. The Balaban J connectivity index is 2.10. The van der Waals surface area contributed by atoms with Crippen LogP contribution in [0.1, 0.15) is 30.1 Å². The number of carbonyl (C=O) groups is 2. The van der Waals surface area contributed by atoms with Gasteiger partial charge in [0.1, 0.15) is 11.6 Å². The SMILES string of the molecule is CCOC(=O)C(=O)c1cc(OCC2CC2)ccc1F. The van der Waals surface area contributed by atoms with Crippen LogP contribution in [0, 0.1) is 11.7 Å². The molecule has 0 N–H and O–H groups in total. The van der Waals surface area contributed by atoms with E-state index in [-0.39, 0.29) is 12.2 Å². The average Bonchev–Trinajstić information content (AvgIpc) is 3.21. The van der Waals surface area contributed by atoms with Gasteiger partial charge in [0.25, 0.3) is 5.78 Å². The van der Waals surface area contributed by atoms with Gasteiger partial charge >= 0.3 is 5.97 Å². The molecule has 0 saturated heterocycles. The first-order valence-electron chi connectivity index (χ1n) is 6.25. The molecule has 1 saturated carbocycles. The van der Waals surface area contributed by atoms with Crippen LogP contribution >= 0.6 is 0 Å². The van der Waals surface area contributed by atoms with Crippen LogP contribution < -0.4 is 4.74 Å². The Morgan fingerprint density at radius 3 is 2.74 bits per heavy atom. The minimum atomic E-state index is -1.05. The summed E-state index contributed by atoms with van der Waals surface area (Å²) in [6.07, 6.45) is 2.27. The first-order valence-corrected chi connectivity index (χ1v) is 6.25. The Morgan fingerprint density at radius 2 is 2.11 bits per heavy atom. The number of rotatable bonds is 6. The van der Waals surface area contributed by atoms with E-state index in [1.165, 1.54) is 12.1 Å². The maximum atomic E-state index is 13.5. The highest BCUT2D eigenvalue weighted by Crippen LogP contribution is 2.29. The predicted molar refractivity (Wildman–Crippen MR) is 65.6 cm³/mol. The Morgan fingerprint density at radius 1 is 1.37 bits per heavy atom. The molecule has 2 rings (SSSR count). The number of halogens is 1. The van der Waals surface area contributed by atoms with Crippen molar-refractivity contribution in [2.75, 3.05) is 13.2 Å². The summed E-state index contributed by atoms with van der Waals surface area (Å²) in [6, 6.07) is 3.81. The molecule has 19 heavy (non-hydrogen) atoms. The molecule has 1 aromatic carbocycles. The first kappa shape index (κ1) is 13.5. The molecule has 0 unspecified atom stereocenters. The van der Waals surface area contributed by atoms with Gasteiger partial charge in [-0.05, 0) is 43.9 Å². The van der Waals surface area contributed by atoms with Crippen LogP contribution in [0.2, 0.25) is 0 Å². The molecule has 0 radical (unpaired) electrons. The highest BCUT2D eigenvalue weighted by atomic mass is 19.1. The van der Waals surface area contributed by atoms with Gasteiger partial charge in [0.2, 0.25) is 0 Å². The highest BCUT2D eigenvalue weighted by Gasteiger charge is 2.24. The van der Waals surface area contributed by atoms with Gasteiger partial charge in [0.15, 0.2) is 0 Å². The van der Waals surface area contributed by atoms with Crippen molar-refractivity contribution in [1.82, 2.24) is 0 Å². The van der Waals surface area contributed by atoms with E-state index in [1.807, 2.05) is 0 Å². The van der Waals surface area contributed by atoms with Crippen LogP contribution in [0.5, 0.6) is 5.75 Å². The summed E-state index contributed by atoms with van der Waals surface area (Å²) >= 11 is 0. The minimum Gasteiger partial charge on any atom is -0.493 e. The molecule has 0 atom stereocenters. The lowest BCUT2D eigenvalue weighted by molar-refractivity contribution is -0.137. The van der Waals surface area contributed by atoms with Crippen molar-refractivity contribution in [3.63, 3.8) is 0 Å². The number of ketones is 1. The molecule has 1 aromatic rings. The lowest BCUT2D eigenvalue weighted by Crippen LogP contribution is -2.19. The lowest BCUT2D eigenvalue weighted by Gasteiger charge is -2.07. The molecule has 5 heteroatoms. The van der Waals surface area contributed by atoms with Crippen LogP contribution in [0.4, 0.5) is 4.39 Å². The monoisotopic (exact) mass is 266 g/mol. The summed E-state index contributed by atoms with van der Waals surface area (Å²) in [5.41, 5.74) is -0.313. The van der Waals surface area contributed by atoms with Gasteiger partial charge in [-0.1, -0.05) is 0 Å². The van der Waals surface area contributed by atoms with Gasteiger partial charge < -0.3 is 9.47 Å². The lowest BCUT2D eigenvalue weighted by atomic mass is 10.1. The van der Waals surface area contributed by atoms with Crippen molar-refractivity contribution >= 4 is 11.8 Å². The van der Waals surface area contributed by atoms with E-state index in [4.69, 9.17) is 4.74 Å². The number of esters is 1. The molecule has 1 aliphatic carbocycles. The third kappa shape index (κ3) is 3.53. The fourth-order valence-corrected chi connectivity index (χ4v) is 1.57. The van der Waals surface area contributed by atoms with Crippen molar-refractivity contribution in [1.29, 1.82) is 0 Å². The van der Waals surface area contributed by atoms with Gasteiger partial charge in [-0.2, -0.15) is 0 Å². The van der Waals surface area contributed by atoms with Gasteiger partial charge in [0, 0.05) is 0 Å². The van der Waals surface area contributed by atoms with E-state index in [2.05, 4.69) is 4.74 Å². The Hall–Kier alpha value is -1.91. The van der Waals surface area contributed by atoms with E-state index >= 15 is 0 Å². The molecule has 0 bridgehead atoms. The maximum absolute atomic E-state index is 13.5. The Bertz CT molecular complexity index is 494. The molecule has 0 spiro atoms. The molecular weight excluding hydrogens is 251 g/mol. The van der Waals surface area contributed by atoms with E-state index in [0.29, 0.717) is 18.3 Å². The quantitative estimate of drug-likeness (QED) is 0.450. The van der Waals surface area contributed by atoms with Crippen LogP contribution in [-0.4, -0.2) is 25.0 Å². The predicted octanol–water partition coefficient (Wildman–Crippen LogP) is 2.36. The number of benzene rings is 1. The molecule has 0 aromatic heterocycles. The largest absolute Gasteiger partial charge is 0.493 e. The van der Waals surface area contributed by atoms with Crippen LogP contribution in [0.3, 0.4) is 0 Å². The molecule has 0 aliphatic heterocycles. The number of hydrogen-bond donors (Lipinski definition) is 0. The molecule has 1 fully saturated rings. The number of Topliss-reactive ketones (excluding diaryl/α,β-unsaturated/α-hetero) is 1. The molecule has 1 aliphatic rings. The minimum absolute atomic E-state index is 0.0735. The van der Waals surface area contributed by atoms with Gasteiger partial charge in [-0.15, -0.1) is 0 Å². The van der Waals surface area contributed by atoms with E-state index in [0.717, 1.165) is 18.9 Å². The highest BCUT2D eigenvalue weighted by molar-refractivity contribution is 6.40. The Kier molecular flexibility index (Phi) is 4.14. The van der Waals surface area contributed by atoms with Crippen LogP contribution in [0.15, 0.2) is 18.2 Å². The first-order chi connectivity index (χ1) is 9.11. The smallest absolute Gasteiger partial charge is 0.379 e. The second kappa shape index (κ2) is 5.82. The van der Waals surface area contributed by atoms with E-state index < -0.39 is 17.6 Å². The van der Waals surface area contributed by atoms with Crippen molar-refractivity contribution in [3.05, 3.63) is 29.6 Å². The van der Waals surface area contributed by atoms with Crippen molar-refractivity contribution in [2.24, 2.45) is 5.92 Å². The van der Waals surface area contributed by atoms with E-state index in [9.17, 15) is 14.0 Å². The number of hydrogen-bond acceptors (Lipinski definition) is 4. The summed E-state index contributed by atoms with van der Waals surface area (Å²) in [5, 5.41) is 0. The Labute approximate surface area is 110 Å². The van der Waals surface area contributed by atoms with Gasteiger partial charge in [0.05, 0.1) is 18.8 Å². The summed E-state index contributed by atoms with van der Waals surface area (Å²) in [4.78, 5) is 23.0. The second-order valence-electron chi connectivity index (χ2n) is 4.45. The molecule has 102 valence electrons. The molecular formula is C14H15FO4. The van der Waals surface area contributed by atoms with Crippen molar-refractivity contribution < 1.29 is 23.5 Å². The van der Waals surface area contributed by atoms with Gasteiger partial charge in [-0.3, -0.25) is 4.79 Å². The third-order valence-electron chi connectivity index (χ3n) is 2.83. The molecule has 4 nitrogen and oxygen atoms in total. The standard InChI is InChI=1S/C14H15FO4/c1-2-18-14(17)13(16)11-7-10(5-6-12(11)15)19-8-9-3-4-9/h5-7,9H,2-4,8H2,1H3. The van der Waals surface area contributed by atoms with Crippen molar-refractivity contribution in [3.8, 4) is 5.75 Å². The summed E-state index contributed by atoms with van der Waals surface area (Å²) in [6.45, 7) is 2.21. The van der Waals surface area contributed by atoms with Gasteiger partial charge in [-0.25, -0.2) is 9.18 Å². The zero-order chi connectivity index (χ0) is 13.8. The normalized spacial score (nSPS) is 14.0. The maximum Gasteiger partial charge on any atom is 0.379 e.